The van der Waals surface area contributed by atoms with Crippen molar-refractivity contribution < 1.29 is 4.42 Å². The van der Waals surface area contributed by atoms with Gasteiger partial charge in [0.1, 0.15) is 5.76 Å². The number of thiophene rings is 1. The Bertz CT molecular complexity index is 477. The van der Waals surface area contributed by atoms with Gasteiger partial charge < -0.3 is 9.73 Å². The number of rotatable bonds is 5. The summed E-state index contributed by atoms with van der Waals surface area (Å²) in [7, 11) is 0. The van der Waals surface area contributed by atoms with Gasteiger partial charge in [-0.25, -0.2) is 0 Å². The summed E-state index contributed by atoms with van der Waals surface area (Å²) < 4.78 is 6.57. The smallest absolute Gasteiger partial charge is 0.101 e. The molecular formula is C13H16BrNOS. The van der Waals surface area contributed by atoms with E-state index in [0.29, 0.717) is 0 Å². The zero-order valence-corrected chi connectivity index (χ0v) is 12.4. The highest BCUT2D eigenvalue weighted by Gasteiger charge is 2.19. The molecule has 0 amide bonds. The van der Waals surface area contributed by atoms with Crippen molar-refractivity contribution in [1.29, 1.82) is 0 Å². The highest BCUT2D eigenvalue weighted by Crippen LogP contribution is 2.33. The van der Waals surface area contributed by atoms with E-state index in [1.165, 1.54) is 10.4 Å². The molecule has 4 heteroatoms. The second-order valence-corrected chi connectivity index (χ2v) is 5.81. The zero-order valence-electron chi connectivity index (χ0n) is 10.00. The molecule has 0 aliphatic rings. The van der Waals surface area contributed by atoms with Crippen LogP contribution in [0.4, 0.5) is 0 Å². The van der Waals surface area contributed by atoms with Crippen LogP contribution in [0.1, 0.15) is 35.6 Å². The molecule has 0 aromatic carbocycles. The molecule has 1 unspecified atom stereocenters. The molecule has 2 rings (SSSR count). The number of nitrogens with one attached hydrogen (secondary N) is 1. The molecular weight excluding hydrogens is 298 g/mol. The summed E-state index contributed by atoms with van der Waals surface area (Å²) in [6.45, 7) is 5.15. The lowest BCUT2D eigenvalue weighted by Gasteiger charge is -2.16. The van der Waals surface area contributed by atoms with Crippen molar-refractivity contribution >= 4 is 27.3 Å². The largest absolute Gasteiger partial charge is 0.469 e. The monoisotopic (exact) mass is 313 g/mol. The van der Waals surface area contributed by atoms with Crippen LogP contribution in [0, 0.1) is 6.92 Å². The molecule has 0 aliphatic heterocycles. The van der Waals surface area contributed by atoms with Crippen molar-refractivity contribution in [2.24, 2.45) is 0 Å². The van der Waals surface area contributed by atoms with Gasteiger partial charge in [-0.15, -0.1) is 11.3 Å². The summed E-state index contributed by atoms with van der Waals surface area (Å²) in [5.41, 5.74) is 1.19. The van der Waals surface area contributed by atoms with E-state index in [4.69, 9.17) is 4.42 Å². The molecule has 1 atom stereocenters. The minimum absolute atomic E-state index is 0.224. The predicted molar refractivity (Wildman–Crippen MR) is 75.6 cm³/mol. The van der Waals surface area contributed by atoms with Gasteiger partial charge in [0.2, 0.25) is 0 Å². The second-order valence-electron chi connectivity index (χ2n) is 4.01. The number of halogens is 1. The maximum Gasteiger partial charge on any atom is 0.101 e. The fraction of sp³-hybridized carbons (Fsp3) is 0.385. The van der Waals surface area contributed by atoms with Crippen LogP contribution in [0.3, 0.4) is 0 Å². The molecule has 2 heterocycles. The van der Waals surface area contributed by atoms with Crippen LogP contribution in [0.2, 0.25) is 0 Å². The third-order valence-corrected chi connectivity index (χ3v) is 4.53. The second kappa shape index (κ2) is 5.85. The fourth-order valence-corrected chi connectivity index (χ4v) is 3.48. The van der Waals surface area contributed by atoms with Gasteiger partial charge in [0.15, 0.2) is 0 Å². The molecule has 17 heavy (non-hydrogen) atoms. The molecule has 0 bridgehead atoms. The molecule has 2 aromatic rings. The Labute approximate surface area is 114 Å². The van der Waals surface area contributed by atoms with E-state index in [-0.39, 0.29) is 6.04 Å². The lowest BCUT2D eigenvalue weighted by molar-refractivity contribution is 0.524. The lowest BCUT2D eigenvalue weighted by atomic mass is 10.1. The van der Waals surface area contributed by atoms with Crippen molar-refractivity contribution in [2.45, 2.75) is 26.3 Å². The van der Waals surface area contributed by atoms with Crippen LogP contribution >= 0.6 is 27.3 Å². The Balaban J connectivity index is 2.28. The highest BCUT2D eigenvalue weighted by atomic mass is 79.9. The van der Waals surface area contributed by atoms with Gasteiger partial charge in [0.25, 0.3) is 0 Å². The molecule has 92 valence electrons. The average molecular weight is 314 g/mol. The van der Waals surface area contributed by atoms with Crippen LogP contribution in [0.25, 0.3) is 0 Å². The summed E-state index contributed by atoms with van der Waals surface area (Å²) in [6, 6.07) is 4.41. The van der Waals surface area contributed by atoms with Crippen LogP contribution in [-0.2, 0) is 0 Å². The Morgan fingerprint density at radius 3 is 2.88 bits per heavy atom. The first-order valence-corrected chi connectivity index (χ1v) is 7.41. The first-order chi connectivity index (χ1) is 8.22. The highest BCUT2D eigenvalue weighted by molar-refractivity contribution is 9.10. The van der Waals surface area contributed by atoms with E-state index in [0.717, 1.165) is 23.2 Å². The first-order valence-electron chi connectivity index (χ1n) is 5.73. The number of hydrogen-bond donors (Lipinski definition) is 1. The van der Waals surface area contributed by atoms with Crippen LogP contribution in [0.5, 0.6) is 0 Å². The lowest BCUT2D eigenvalue weighted by Crippen LogP contribution is -2.22. The Morgan fingerprint density at radius 2 is 2.35 bits per heavy atom. The van der Waals surface area contributed by atoms with Crippen LogP contribution in [-0.4, -0.2) is 6.54 Å². The SMILES string of the molecule is CCCNC(c1coc(C)c1)c1sccc1Br. The first kappa shape index (κ1) is 12.9. The minimum atomic E-state index is 0.224. The number of hydrogen-bond acceptors (Lipinski definition) is 3. The molecule has 2 nitrogen and oxygen atoms in total. The van der Waals surface area contributed by atoms with Gasteiger partial charge in [-0.05, 0) is 53.3 Å². The summed E-state index contributed by atoms with van der Waals surface area (Å²) in [5, 5.41) is 5.67. The maximum absolute atomic E-state index is 5.41. The standard InChI is InChI=1S/C13H16BrNOS/c1-3-5-15-12(10-7-9(2)16-8-10)13-11(14)4-6-17-13/h4,6-8,12,15H,3,5H2,1-2H3. The van der Waals surface area contributed by atoms with Crippen molar-refractivity contribution in [3.05, 3.63) is 44.4 Å². The van der Waals surface area contributed by atoms with Gasteiger partial charge in [0.05, 0.1) is 12.3 Å². The summed E-state index contributed by atoms with van der Waals surface area (Å²) in [4.78, 5) is 1.30. The van der Waals surface area contributed by atoms with Gasteiger partial charge in [-0.3, -0.25) is 0 Å². The van der Waals surface area contributed by atoms with Crippen LogP contribution < -0.4 is 5.32 Å². The topological polar surface area (TPSA) is 25.2 Å². The van der Waals surface area contributed by atoms with E-state index >= 15 is 0 Å². The Morgan fingerprint density at radius 1 is 1.53 bits per heavy atom. The van der Waals surface area contributed by atoms with Crippen LogP contribution in [0.15, 0.2) is 32.7 Å². The van der Waals surface area contributed by atoms with Gasteiger partial charge >= 0.3 is 0 Å². The van der Waals surface area contributed by atoms with E-state index in [9.17, 15) is 0 Å². The normalized spacial score (nSPS) is 12.9. The van der Waals surface area contributed by atoms with Gasteiger partial charge in [0, 0.05) is 14.9 Å². The van der Waals surface area contributed by atoms with Crippen molar-refractivity contribution in [3.63, 3.8) is 0 Å². The van der Waals surface area contributed by atoms with E-state index in [2.05, 4.69) is 45.7 Å². The van der Waals surface area contributed by atoms with E-state index in [1.54, 1.807) is 11.3 Å². The molecule has 0 saturated carbocycles. The fourth-order valence-electron chi connectivity index (χ4n) is 1.78. The summed E-state index contributed by atoms with van der Waals surface area (Å²) in [6.07, 6.45) is 2.96. The quantitative estimate of drug-likeness (QED) is 0.879. The third kappa shape index (κ3) is 3.00. The van der Waals surface area contributed by atoms with E-state index in [1.807, 2.05) is 13.2 Å². The number of furan rings is 1. The molecule has 0 aliphatic carbocycles. The molecule has 0 spiro atoms. The van der Waals surface area contributed by atoms with Crippen molar-refractivity contribution in [1.82, 2.24) is 5.32 Å². The summed E-state index contributed by atoms with van der Waals surface area (Å²) in [5.74, 6) is 0.955. The summed E-state index contributed by atoms with van der Waals surface area (Å²) >= 11 is 5.36. The zero-order chi connectivity index (χ0) is 12.3. The maximum atomic E-state index is 5.41. The van der Waals surface area contributed by atoms with Gasteiger partial charge in [-0.2, -0.15) is 0 Å². The van der Waals surface area contributed by atoms with Crippen molar-refractivity contribution in [2.75, 3.05) is 6.54 Å². The van der Waals surface area contributed by atoms with Crippen molar-refractivity contribution in [3.8, 4) is 0 Å². The predicted octanol–water partition coefficient (Wildman–Crippen LogP) is 4.50. The van der Waals surface area contributed by atoms with Gasteiger partial charge in [-0.1, -0.05) is 6.92 Å². The average Bonchev–Trinajstić information content (AvgIpc) is 2.90. The van der Waals surface area contributed by atoms with E-state index < -0.39 is 0 Å². The number of aryl methyl sites for hydroxylation is 1. The Hall–Kier alpha value is -0.580. The molecule has 2 aromatic heterocycles. The minimum Gasteiger partial charge on any atom is -0.469 e. The molecule has 0 radical (unpaired) electrons. The molecule has 1 N–H and O–H groups in total. The Kier molecular flexibility index (Phi) is 4.42. The molecule has 0 fully saturated rings. The third-order valence-electron chi connectivity index (χ3n) is 2.59. The molecule has 0 saturated heterocycles.